The number of ketones is 1. The summed E-state index contributed by atoms with van der Waals surface area (Å²) in [6, 6.07) is 16.7. The molecule has 29 heavy (non-hydrogen) atoms. The predicted molar refractivity (Wildman–Crippen MR) is 114 cm³/mol. The number of rotatable bonds is 8. The van der Waals surface area contributed by atoms with Crippen LogP contribution in [0.25, 0.3) is 0 Å². The van der Waals surface area contributed by atoms with Gasteiger partial charge in [-0.3, -0.25) is 9.59 Å². The number of carbonyl (C=O) groups excluding carboxylic acids is 2. The highest BCUT2D eigenvalue weighted by Crippen LogP contribution is 2.23. The van der Waals surface area contributed by atoms with Crippen molar-refractivity contribution >= 4 is 23.3 Å². The van der Waals surface area contributed by atoms with E-state index >= 15 is 0 Å². The summed E-state index contributed by atoms with van der Waals surface area (Å²) in [6.07, 6.45) is 0.883. The molecule has 2 N–H and O–H groups in total. The average molecular weight is 411 g/mol. The molecule has 0 saturated heterocycles. The molecular weight excluding hydrogens is 388 g/mol. The van der Waals surface area contributed by atoms with E-state index in [1.165, 1.54) is 11.6 Å². The fourth-order valence-electron chi connectivity index (χ4n) is 3.35. The second-order valence-electron chi connectivity index (χ2n) is 6.89. The zero-order valence-electron chi connectivity index (χ0n) is 16.4. The topological polar surface area (TPSA) is 74.3 Å². The Labute approximate surface area is 175 Å². The van der Waals surface area contributed by atoms with Crippen molar-refractivity contribution in [1.82, 2.24) is 4.57 Å². The molecule has 1 amide bonds. The van der Waals surface area contributed by atoms with Gasteiger partial charge in [0.25, 0.3) is 5.91 Å². The van der Waals surface area contributed by atoms with Crippen molar-refractivity contribution in [2.45, 2.75) is 26.8 Å². The van der Waals surface area contributed by atoms with Crippen molar-refractivity contribution in [2.75, 3.05) is 6.61 Å². The minimum atomic E-state index is -0.658. The number of amides is 1. The average Bonchev–Trinajstić information content (AvgIpc) is 2.99. The number of aromatic nitrogens is 1. The van der Waals surface area contributed by atoms with E-state index in [0.29, 0.717) is 10.6 Å². The molecule has 0 fully saturated rings. The zero-order chi connectivity index (χ0) is 21.0. The van der Waals surface area contributed by atoms with Crippen molar-refractivity contribution in [3.05, 3.63) is 87.7 Å². The number of primary amides is 1. The quantitative estimate of drug-likeness (QED) is 0.560. The summed E-state index contributed by atoms with van der Waals surface area (Å²) in [5, 5.41) is 0.374. The van der Waals surface area contributed by atoms with Gasteiger partial charge in [-0.25, -0.2) is 0 Å². The molecule has 0 aliphatic heterocycles. The van der Waals surface area contributed by atoms with Crippen LogP contribution in [0.1, 0.15) is 37.7 Å². The molecule has 2 aromatic carbocycles. The Bertz CT molecular complexity index is 1040. The lowest BCUT2D eigenvalue weighted by Crippen LogP contribution is -2.17. The van der Waals surface area contributed by atoms with Crippen LogP contribution in [0.4, 0.5) is 0 Å². The van der Waals surface area contributed by atoms with Gasteiger partial charge in [0.1, 0.15) is 5.75 Å². The van der Waals surface area contributed by atoms with Gasteiger partial charge in [-0.05, 0) is 50.1 Å². The number of aryl methyl sites for hydroxylation is 2. The number of hydrogen-bond donors (Lipinski definition) is 1. The Balaban J connectivity index is 1.71. The number of carbonyl (C=O) groups is 2. The molecule has 0 unspecified atom stereocenters. The lowest BCUT2D eigenvalue weighted by molar-refractivity contribution is 0.0911. The number of hydrogen-bond acceptors (Lipinski definition) is 3. The summed E-state index contributed by atoms with van der Waals surface area (Å²) in [7, 11) is 0. The fourth-order valence-corrected chi connectivity index (χ4v) is 3.53. The predicted octanol–water partition coefficient (Wildman–Crippen LogP) is 4.36. The highest BCUT2D eigenvalue weighted by molar-refractivity contribution is 6.31. The van der Waals surface area contributed by atoms with E-state index in [2.05, 4.69) is 16.7 Å². The van der Waals surface area contributed by atoms with E-state index < -0.39 is 5.91 Å². The van der Waals surface area contributed by atoms with Crippen LogP contribution < -0.4 is 10.5 Å². The van der Waals surface area contributed by atoms with E-state index in [4.69, 9.17) is 22.1 Å². The Morgan fingerprint density at radius 1 is 1.03 bits per heavy atom. The van der Waals surface area contributed by atoms with Crippen LogP contribution in [0.15, 0.2) is 54.6 Å². The van der Waals surface area contributed by atoms with Crippen LogP contribution in [0, 0.1) is 13.8 Å². The number of nitrogens with two attached hydrogens (primary N) is 1. The van der Waals surface area contributed by atoms with Crippen molar-refractivity contribution in [3.8, 4) is 5.75 Å². The molecule has 150 valence electrons. The number of nitrogens with zero attached hydrogens (tertiary/aromatic N) is 1. The number of benzene rings is 2. The highest BCUT2D eigenvalue weighted by atomic mass is 35.5. The molecular formula is C23H23ClN2O3. The Kier molecular flexibility index (Phi) is 6.39. The molecule has 3 aromatic rings. The first kappa shape index (κ1) is 20.7. The molecule has 0 saturated carbocycles. The van der Waals surface area contributed by atoms with E-state index in [1.54, 1.807) is 12.1 Å². The second kappa shape index (κ2) is 8.97. The van der Waals surface area contributed by atoms with Gasteiger partial charge >= 0.3 is 0 Å². The van der Waals surface area contributed by atoms with Gasteiger partial charge in [-0.1, -0.05) is 41.9 Å². The number of Topliss-reactive ketones (excluding diaryl/α,β-unsaturated/α-hetero) is 1. The largest absolute Gasteiger partial charge is 0.485 e. The van der Waals surface area contributed by atoms with Crippen LogP contribution >= 0.6 is 11.6 Å². The van der Waals surface area contributed by atoms with Gasteiger partial charge in [0, 0.05) is 28.5 Å². The van der Waals surface area contributed by atoms with Crippen LogP contribution in [0.5, 0.6) is 5.75 Å². The fraction of sp³-hybridized carbons (Fsp3) is 0.217. The molecule has 5 nitrogen and oxygen atoms in total. The normalized spacial score (nSPS) is 10.7. The zero-order valence-corrected chi connectivity index (χ0v) is 17.2. The standard InChI is InChI=1S/C23H23ClN2O3/c1-15-12-19(16(2)26(15)11-10-17-6-4-3-5-7-17)21(27)14-29-22-9-8-18(24)13-20(22)23(25)28/h3-9,12-13H,10-11,14H2,1-2H3,(H2,25,28). The molecule has 6 heteroatoms. The third kappa shape index (κ3) is 4.87. The molecule has 0 aliphatic carbocycles. The molecule has 1 aromatic heterocycles. The Morgan fingerprint density at radius 3 is 2.45 bits per heavy atom. The van der Waals surface area contributed by atoms with Gasteiger partial charge in [-0.15, -0.1) is 0 Å². The number of halogens is 1. The summed E-state index contributed by atoms with van der Waals surface area (Å²) in [5.74, 6) is -0.573. The molecule has 0 spiro atoms. The number of ether oxygens (including phenoxy) is 1. The molecule has 0 atom stereocenters. The van der Waals surface area contributed by atoms with E-state index in [1.807, 2.05) is 38.1 Å². The molecule has 1 heterocycles. The maximum Gasteiger partial charge on any atom is 0.252 e. The van der Waals surface area contributed by atoms with Gasteiger partial charge in [0.05, 0.1) is 5.56 Å². The van der Waals surface area contributed by atoms with Crippen molar-refractivity contribution in [3.63, 3.8) is 0 Å². The molecule has 0 radical (unpaired) electrons. The minimum Gasteiger partial charge on any atom is -0.485 e. The van der Waals surface area contributed by atoms with Crippen LogP contribution in [0.3, 0.4) is 0 Å². The maximum absolute atomic E-state index is 12.7. The molecule has 0 bridgehead atoms. The summed E-state index contributed by atoms with van der Waals surface area (Å²) in [5.41, 5.74) is 9.30. The van der Waals surface area contributed by atoms with E-state index in [0.717, 1.165) is 24.4 Å². The van der Waals surface area contributed by atoms with Gasteiger partial charge < -0.3 is 15.0 Å². The van der Waals surface area contributed by atoms with Crippen molar-refractivity contribution in [1.29, 1.82) is 0 Å². The summed E-state index contributed by atoms with van der Waals surface area (Å²) in [4.78, 5) is 24.3. The minimum absolute atomic E-state index is 0.152. The van der Waals surface area contributed by atoms with E-state index in [-0.39, 0.29) is 23.7 Å². The summed E-state index contributed by atoms with van der Waals surface area (Å²) in [6.45, 7) is 4.52. The lowest BCUT2D eigenvalue weighted by Gasteiger charge is -2.11. The van der Waals surface area contributed by atoms with Gasteiger partial charge in [0.15, 0.2) is 6.61 Å². The van der Waals surface area contributed by atoms with Gasteiger partial charge in [-0.2, -0.15) is 0 Å². The van der Waals surface area contributed by atoms with Gasteiger partial charge in [0.2, 0.25) is 5.78 Å². The van der Waals surface area contributed by atoms with Crippen molar-refractivity contribution < 1.29 is 14.3 Å². The Morgan fingerprint density at radius 2 is 1.76 bits per heavy atom. The van der Waals surface area contributed by atoms with E-state index in [9.17, 15) is 9.59 Å². The highest BCUT2D eigenvalue weighted by Gasteiger charge is 2.18. The summed E-state index contributed by atoms with van der Waals surface area (Å²) < 4.78 is 7.72. The van der Waals surface area contributed by atoms with Crippen LogP contribution in [-0.2, 0) is 13.0 Å². The monoisotopic (exact) mass is 410 g/mol. The second-order valence-corrected chi connectivity index (χ2v) is 7.33. The third-order valence-corrected chi connectivity index (χ3v) is 5.14. The molecule has 0 aliphatic rings. The first-order valence-corrected chi connectivity index (χ1v) is 9.70. The van der Waals surface area contributed by atoms with Crippen molar-refractivity contribution in [2.24, 2.45) is 5.73 Å². The molecule has 3 rings (SSSR count). The summed E-state index contributed by atoms with van der Waals surface area (Å²) >= 11 is 5.90. The smallest absolute Gasteiger partial charge is 0.252 e. The SMILES string of the molecule is Cc1cc(C(=O)COc2ccc(Cl)cc2C(N)=O)c(C)n1CCc1ccccc1. The first-order chi connectivity index (χ1) is 13.9. The van der Waals surface area contributed by atoms with Crippen LogP contribution in [0.2, 0.25) is 5.02 Å². The third-order valence-electron chi connectivity index (χ3n) is 4.91. The maximum atomic E-state index is 12.7. The Hall–Kier alpha value is -3.05. The first-order valence-electron chi connectivity index (χ1n) is 9.33. The lowest BCUT2D eigenvalue weighted by atomic mass is 10.1. The van der Waals surface area contributed by atoms with Crippen LogP contribution in [-0.4, -0.2) is 22.9 Å².